The number of hydrogen-bond donors (Lipinski definition) is 2. The first-order chi connectivity index (χ1) is 7.04. The smallest absolute Gasteiger partial charge is 0.237 e. The molecule has 4 nitrogen and oxygen atoms in total. The van der Waals surface area contributed by atoms with Gasteiger partial charge < -0.3 is 11.1 Å². The van der Waals surface area contributed by atoms with Gasteiger partial charge in [0, 0.05) is 11.1 Å². The molecule has 3 N–H and O–H groups in total. The average Bonchev–Trinajstić information content (AvgIpc) is 2.65. The zero-order chi connectivity index (χ0) is 11.4. The van der Waals surface area contributed by atoms with Crippen molar-refractivity contribution in [3.63, 3.8) is 0 Å². The second-order valence-electron chi connectivity index (χ2n) is 3.54. The summed E-state index contributed by atoms with van der Waals surface area (Å²) in [5, 5.41) is 3.75. The van der Waals surface area contributed by atoms with E-state index in [9.17, 15) is 4.79 Å². The summed E-state index contributed by atoms with van der Waals surface area (Å²) in [7, 11) is 0. The Morgan fingerprint density at radius 3 is 2.80 bits per heavy atom. The quantitative estimate of drug-likeness (QED) is 0.813. The second kappa shape index (κ2) is 5.23. The van der Waals surface area contributed by atoms with Gasteiger partial charge in [-0.2, -0.15) is 0 Å². The van der Waals surface area contributed by atoms with Gasteiger partial charge in [-0.15, -0.1) is 11.3 Å². The molecule has 0 bridgehead atoms. The van der Waals surface area contributed by atoms with Gasteiger partial charge in [-0.3, -0.25) is 4.79 Å². The van der Waals surface area contributed by atoms with E-state index in [2.05, 4.69) is 17.2 Å². The molecule has 0 saturated heterocycles. The van der Waals surface area contributed by atoms with E-state index < -0.39 is 6.04 Å². The molecule has 0 fully saturated rings. The molecule has 0 spiro atoms. The summed E-state index contributed by atoms with van der Waals surface area (Å²) < 4.78 is 0. The molecule has 1 rings (SSSR count). The fraction of sp³-hybridized carbons (Fsp3) is 0.600. The largest absolute Gasteiger partial charge is 0.346 e. The van der Waals surface area contributed by atoms with E-state index in [1.54, 1.807) is 18.3 Å². The van der Waals surface area contributed by atoms with Crippen LogP contribution >= 0.6 is 11.3 Å². The lowest BCUT2D eigenvalue weighted by atomic mass is 10.3. The molecule has 84 valence electrons. The zero-order valence-electron chi connectivity index (χ0n) is 9.28. The molecule has 5 heteroatoms. The third-order valence-electron chi connectivity index (χ3n) is 2.06. The average molecular weight is 227 g/mol. The predicted molar refractivity (Wildman–Crippen MR) is 61.7 cm³/mol. The van der Waals surface area contributed by atoms with E-state index in [0.717, 1.165) is 11.4 Å². The number of carbonyl (C=O) groups is 1. The van der Waals surface area contributed by atoms with E-state index in [1.807, 2.05) is 13.1 Å². The molecule has 0 aliphatic heterocycles. The molecule has 1 aromatic heterocycles. The first kappa shape index (κ1) is 12.1. The number of carbonyl (C=O) groups excluding carboxylic acids is 1. The Balaban J connectivity index is 2.60. The molecule has 2 atom stereocenters. The van der Waals surface area contributed by atoms with Crippen LogP contribution in [0.5, 0.6) is 0 Å². The standard InChI is InChI=1S/C10H17N3OS/c1-4-8-5-12-10(15-8)7(3)13-9(14)6(2)11/h5-7H,4,11H2,1-3H3,(H,13,14). The molecule has 1 aromatic rings. The van der Waals surface area contributed by atoms with Crippen molar-refractivity contribution in [2.24, 2.45) is 5.73 Å². The predicted octanol–water partition coefficient (Wildman–Crippen LogP) is 1.23. The molecule has 0 saturated carbocycles. The fourth-order valence-electron chi connectivity index (χ4n) is 1.09. The van der Waals surface area contributed by atoms with E-state index in [-0.39, 0.29) is 11.9 Å². The number of nitrogens with zero attached hydrogens (tertiary/aromatic N) is 1. The molecule has 0 radical (unpaired) electrons. The summed E-state index contributed by atoms with van der Waals surface area (Å²) in [6.45, 7) is 5.67. The van der Waals surface area contributed by atoms with Gasteiger partial charge >= 0.3 is 0 Å². The van der Waals surface area contributed by atoms with Gasteiger partial charge in [0.1, 0.15) is 5.01 Å². The number of aromatic nitrogens is 1. The first-order valence-electron chi connectivity index (χ1n) is 5.05. The molecule has 0 aliphatic carbocycles. The number of rotatable bonds is 4. The number of nitrogens with one attached hydrogen (secondary N) is 1. The normalized spacial score (nSPS) is 14.7. The monoisotopic (exact) mass is 227 g/mol. The van der Waals surface area contributed by atoms with Gasteiger partial charge in [0.2, 0.25) is 5.91 Å². The minimum absolute atomic E-state index is 0.0613. The zero-order valence-corrected chi connectivity index (χ0v) is 10.1. The van der Waals surface area contributed by atoms with Crippen molar-refractivity contribution >= 4 is 17.2 Å². The van der Waals surface area contributed by atoms with Crippen molar-refractivity contribution in [2.75, 3.05) is 0 Å². The lowest BCUT2D eigenvalue weighted by Gasteiger charge is -2.12. The van der Waals surface area contributed by atoms with Gasteiger partial charge in [0.05, 0.1) is 12.1 Å². The van der Waals surface area contributed by atoms with Crippen LogP contribution in [0.15, 0.2) is 6.20 Å². The van der Waals surface area contributed by atoms with E-state index in [1.165, 1.54) is 4.88 Å². The Bertz CT molecular complexity index is 335. The van der Waals surface area contributed by atoms with Crippen LogP contribution in [0, 0.1) is 0 Å². The van der Waals surface area contributed by atoms with Crippen molar-refractivity contribution in [2.45, 2.75) is 39.3 Å². The van der Waals surface area contributed by atoms with Gasteiger partial charge in [-0.1, -0.05) is 6.92 Å². The summed E-state index contributed by atoms with van der Waals surface area (Å²) in [6.07, 6.45) is 2.83. The van der Waals surface area contributed by atoms with Crippen molar-refractivity contribution < 1.29 is 4.79 Å². The van der Waals surface area contributed by atoms with Crippen LogP contribution in [-0.4, -0.2) is 16.9 Å². The maximum absolute atomic E-state index is 11.3. The number of hydrogen-bond acceptors (Lipinski definition) is 4. The van der Waals surface area contributed by atoms with Crippen molar-refractivity contribution in [1.82, 2.24) is 10.3 Å². The highest BCUT2D eigenvalue weighted by atomic mass is 32.1. The van der Waals surface area contributed by atoms with E-state index >= 15 is 0 Å². The summed E-state index contributed by atoms with van der Waals surface area (Å²) >= 11 is 1.63. The van der Waals surface area contributed by atoms with Crippen LogP contribution in [0.1, 0.15) is 36.7 Å². The van der Waals surface area contributed by atoms with Gasteiger partial charge in [0.15, 0.2) is 0 Å². The molecule has 15 heavy (non-hydrogen) atoms. The van der Waals surface area contributed by atoms with Crippen LogP contribution in [0.4, 0.5) is 0 Å². The van der Waals surface area contributed by atoms with Crippen LogP contribution in [0.25, 0.3) is 0 Å². The van der Waals surface area contributed by atoms with Crippen molar-refractivity contribution in [3.8, 4) is 0 Å². The topological polar surface area (TPSA) is 68.0 Å². The van der Waals surface area contributed by atoms with E-state index in [4.69, 9.17) is 5.73 Å². The Morgan fingerprint density at radius 2 is 2.33 bits per heavy atom. The highest BCUT2D eigenvalue weighted by Crippen LogP contribution is 2.20. The molecule has 1 heterocycles. The number of nitrogens with two attached hydrogens (primary N) is 1. The fourth-order valence-corrected chi connectivity index (χ4v) is 1.95. The number of thiazole rings is 1. The van der Waals surface area contributed by atoms with Gasteiger partial charge in [-0.05, 0) is 20.3 Å². The van der Waals surface area contributed by atoms with Crippen LogP contribution < -0.4 is 11.1 Å². The summed E-state index contributed by atoms with van der Waals surface area (Å²) in [5.74, 6) is -0.143. The third kappa shape index (κ3) is 3.28. The molecule has 0 aliphatic rings. The van der Waals surface area contributed by atoms with Crippen LogP contribution in [0.2, 0.25) is 0 Å². The summed E-state index contributed by atoms with van der Waals surface area (Å²) in [6, 6.07) is -0.535. The minimum Gasteiger partial charge on any atom is -0.346 e. The molecular weight excluding hydrogens is 210 g/mol. The Kier molecular flexibility index (Phi) is 4.23. The van der Waals surface area contributed by atoms with Crippen molar-refractivity contribution in [3.05, 3.63) is 16.1 Å². The van der Waals surface area contributed by atoms with Gasteiger partial charge in [-0.25, -0.2) is 4.98 Å². The van der Waals surface area contributed by atoms with Crippen molar-refractivity contribution in [1.29, 1.82) is 0 Å². The number of aryl methyl sites for hydroxylation is 1. The third-order valence-corrected chi connectivity index (χ3v) is 3.39. The Labute approximate surface area is 93.9 Å². The molecule has 0 aromatic carbocycles. The van der Waals surface area contributed by atoms with E-state index in [0.29, 0.717) is 0 Å². The van der Waals surface area contributed by atoms with Crippen LogP contribution in [0.3, 0.4) is 0 Å². The van der Waals surface area contributed by atoms with Gasteiger partial charge in [0.25, 0.3) is 0 Å². The summed E-state index contributed by atoms with van der Waals surface area (Å²) in [4.78, 5) is 16.8. The maximum atomic E-state index is 11.3. The lowest BCUT2D eigenvalue weighted by Crippen LogP contribution is -2.39. The molecule has 2 unspecified atom stereocenters. The highest BCUT2D eigenvalue weighted by molar-refractivity contribution is 7.11. The molecule has 1 amide bonds. The van der Waals surface area contributed by atoms with Crippen LogP contribution in [-0.2, 0) is 11.2 Å². The SMILES string of the molecule is CCc1cnc(C(C)NC(=O)C(C)N)s1. The maximum Gasteiger partial charge on any atom is 0.237 e. The Morgan fingerprint density at radius 1 is 1.67 bits per heavy atom. The highest BCUT2D eigenvalue weighted by Gasteiger charge is 2.15. The summed E-state index contributed by atoms with van der Waals surface area (Å²) in [5.41, 5.74) is 5.46. The number of amides is 1. The molecular formula is C10H17N3OS. The lowest BCUT2D eigenvalue weighted by molar-refractivity contribution is -0.122. The second-order valence-corrected chi connectivity index (χ2v) is 4.68. The first-order valence-corrected chi connectivity index (χ1v) is 5.86. The minimum atomic E-state index is -0.474. The Hall–Kier alpha value is -0.940.